The van der Waals surface area contributed by atoms with Crippen molar-refractivity contribution in [2.45, 2.75) is 54.4 Å². The number of nitrogens with zero attached hydrogens (tertiary/aromatic N) is 1. The molecule has 14 heavy (non-hydrogen) atoms. The van der Waals surface area contributed by atoms with E-state index in [0.717, 1.165) is 18.8 Å². The Morgan fingerprint density at radius 1 is 1.29 bits per heavy atom. The lowest BCUT2D eigenvalue weighted by atomic mass is 10.1. The van der Waals surface area contributed by atoms with E-state index in [1.807, 2.05) is 25.2 Å². The van der Waals surface area contributed by atoms with Gasteiger partial charge in [-0.25, -0.2) is 4.98 Å². The molecule has 0 N–H and O–H groups in total. The summed E-state index contributed by atoms with van der Waals surface area (Å²) in [7, 11) is 0. The second-order valence-electron chi connectivity index (χ2n) is 3.56. The highest BCUT2D eigenvalue weighted by atomic mass is 32.1. The Bertz CT molecular complexity index is 251. The van der Waals surface area contributed by atoms with Crippen molar-refractivity contribution in [3.05, 3.63) is 15.6 Å². The standard InChI is InChI=1S/C10H17NS.C2H6/c1-5-9-8(4)12-10(11-9)6-7(2)3;1-2/h7H,5-6H2,1-4H3;1-2H3. The highest BCUT2D eigenvalue weighted by molar-refractivity contribution is 7.11. The Morgan fingerprint density at radius 3 is 2.21 bits per heavy atom. The van der Waals surface area contributed by atoms with E-state index in [-0.39, 0.29) is 0 Å². The van der Waals surface area contributed by atoms with Crippen molar-refractivity contribution in [2.24, 2.45) is 5.92 Å². The highest BCUT2D eigenvalue weighted by Crippen LogP contribution is 2.20. The fraction of sp³-hybridized carbons (Fsp3) is 0.750. The second kappa shape index (κ2) is 6.99. The first-order chi connectivity index (χ1) is 6.63. The van der Waals surface area contributed by atoms with Gasteiger partial charge in [-0.05, 0) is 19.3 Å². The summed E-state index contributed by atoms with van der Waals surface area (Å²) in [4.78, 5) is 5.98. The number of rotatable bonds is 3. The summed E-state index contributed by atoms with van der Waals surface area (Å²) < 4.78 is 0. The van der Waals surface area contributed by atoms with Crippen molar-refractivity contribution in [1.82, 2.24) is 4.98 Å². The van der Waals surface area contributed by atoms with Gasteiger partial charge in [-0.3, -0.25) is 0 Å². The normalized spacial score (nSPS) is 9.93. The van der Waals surface area contributed by atoms with Crippen LogP contribution in [0.3, 0.4) is 0 Å². The lowest BCUT2D eigenvalue weighted by molar-refractivity contribution is 0.643. The predicted octanol–water partition coefficient (Wildman–Crippen LogP) is 4.24. The van der Waals surface area contributed by atoms with E-state index in [9.17, 15) is 0 Å². The fourth-order valence-corrected chi connectivity index (χ4v) is 2.49. The number of thiazole rings is 1. The van der Waals surface area contributed by atoms with E-state index in [1.54, 1.807) is 0 Å². The molecule has 0 saturated heterocycles. The van der Waals surface area contributed by atoms with Crippen molar-refractivity contribution in [3.63, 3.8) is 0 Å². The average Bonchev–Trinajstić information content (AvgIpc) is 2.48. The fourth-order valence-electron chi connectivity index (χ4n) is 1.25. The second-order valence-corrected chi connectivity index (χ2v) is 4.85. The SMILES string of the molecule is CC.CCc1nc(CC(C)C)sc1C. The largest absolute Gasteiger partial charge is 0.246 e. The molecular weight excluding hydrogens is 190 g/mol. The summed E-state index contributed by atoms with van der Waals surface area (Å²) in [6.07, 6.45) is 2.20. The van der Waals surface area contributed by atoms with E-state index < -0.39 is 0 Å². The summed E-state index contributed by atoms with van der Waals surface area (Å²) in [5.74, 6) is 0.722. The van der Waals surface area contributed by atoms with Gasteiger partial charge in [-0.1, -0.05) is 34.6 Å². The smallest absolute Gasteiger partial charge is 0.0933 e. The molecule has 1 aromatic heterocycles. The Hall–Kier alpha value is -0.370. The minimum absolute atomic E-state index is 0.722. The molecule has 0 aromatic carbocycles. The van der Waals surface area contributed by atoms with E-state index in [1.165, 1.54) is 15.6 Å². The van der Waals surface area contributed by atoms with Gasteiger partial charge in [0.25, 0.3) is 0 Å². The van der Waals surface area contributed by atoms with Crippen LogP contribution in [0.25, 0.3) is 0 Å². The molecule has 0 spiro atoms. The Balaban J connectivity index is 0.000000791. The van der Waals surface area contributed by atoms with E-state index in [4.69, 9.17) is 0 Å². The minimum atomic E-state index is 0.722. The van der Waals surface area contributed by atoms with Gasteiger partial charge in [0.1, 0.15) is 0 Å². The van der Waals surface area contributed by atoms with Crippen molar-refractivity contribution < 1.29 is 0 Å². The third-order valence-corrected chi connectivity index (χ3v) is 2.89. The summed E-state index contributed by atoms with van der Waals surface area (Å²) >= 11 is 1.86. The molecule has 1 rings (SSSR count). The van der Waals surface area contributed by atoms with Crippen LogP contribution >= 0.6 is 11.3 Å². The lowest BCUT2D eigenvalue weighted by Gasteiger charge is -1.98. The van der Waals surface area contributed by atoms with Gasteiger partial charge in [0.15, 0.2) is 0 Å². The summed E-state index contributed by atoms with van der Waals surface area (Å²) in [6.45, 7) is 12.8. The van der Waals surface area contributed by atoms with Gasteiger partial charge in [-0.15, -0.1) is 11.3 Å². The molecule has 1 aromatic rings. The molecule has 0 aliphatic heterocycles. The van der Waals surface area contributed by atoms with Gasteiger partial charge < -0.3 is 0 Å². The monoisotopic (exact) mass is 213 g/mol. The number of aromatic nitrogens is 1. The number of aryl methyl sites for hydroxylation is 2. The van der Waals surface area contributed by atoms with Crippen LogP contribution in [0, 0.1) is 12.8 Å². The Morgan fingerprint density at radius 2 is 1.86 bits per heavy atom. The van der Waals surface area contributed by atoms with Crippen LogP contribution in [0.1, 0.15) is 50.2 Å². The van der Waals surface area contributed by atoms with E-state index in [2.05, 4.69) is 32.7 Å². The molecule has 0 saturated carbocycles. The molecule has 0 unspecified atom stereocenters. The minimum Gasteiger partial charge on any atom is -0.246 e. The quantitative estimate of drug-likeness (QED) is 0.732. The molecule has 1 nitrogen and oxygen atoms in total. The average molecular weight is 213 g/mol. The Labute approximate surface area is 92.6 Å². The first-order valence-electron chi connectivity index (χ1n) is 5.58. The zero-order chi connectivity index (χ0) is 11.1. The van der Waals surface area contributed by atoms with Gasteiger partial charge in [-0.2, -0.15) is 0 Å². The molecule has 82 valence electrons. The zero-order valence-electron chi connectivity index (χ0n) is 10.3. The van der Waals surface area contributed by atoms with Crippen molar-refractivity contribution in [3.8, 4) is 0 Å². The van der Waals surface area contributed by atoms with Crippen LogP contribution in [0.4, 0.5) is 0 Å². The van der Waals surface area contributed by atoms with Gasteiger partial charge in [0, 0.05) is 11.3 Å². The third kappa shape index (κ3) is 4.23. The van der Waals surface area contributed by atoms with Crippen molar-refractivity contribution in [2.75, 3.05) is 0 Å². The van der Waals surface area contributed by atoms with Crippen LogP contribution in [0.5, 0.6) is 0 Å². The highest BCUT2D eigenvalue weighted by Gasteiger charge is 2.06. The number of hydrogen-bond acceptors (Lipinski definition) is 2. The molecular formula is C12H23NS. The lowest BCUT2D eigenvalue weighted by Crippen LogP contribution is -1.93. The number of hydrogen-bond donors (Lipinski definition) is 0. The van der Waals surface area contributed by atoms with Gasteiger partial charge in [0.05, 0.1) is 10.7 Å². The molecule has 0 aliphatic carbocycles. The topological polar surface area (TPSA) is 12.9 Å². The van der Waals surface area contributed by atoms with Gasteiger partial charge >= 0.3 is 0 Å². The van der Waals surface area contributed by atoms with Gasteiger partial charge in [0.2, 0.25) is 0 Å². The molecule has 0 atom stereocenters. The first kappa shape index (κ1) is 13.6. The maximum absolute atomic E-state index is 4.59. The van der Waals surface area contributed by atoms with Crippen LogP contribution in [-0.2, 0) is 12.8 Å². The zero-order valence-corrected chi connectivity index (χ0v) is 11.2. The predicted molar refractivity (Wildman–Crippen MR) is 66.1 cm³/mol. The Kier molecular flexibility index (Phi) is 6.81. The van der Waals surface area contributed by atoms with Crippen LogP contribution < -0.4 is 0 Å². The molecule has 2 heteroatoms. The van der Waals surface area contributed by atoms with Crippen LogP contribution in [0.2, 0.25) is 0 Å². The summed E-state index contributed by atoms with van der Waals surface area (Å²) in [5.41, 5.74) is 1.29. The molecule has 0 radical (unpaired) electrons. The molecule has 0 aliphatic rings. The maximum atomic E-state index is 4.59. The summed E-state index contributed by atoms with van der Waals surface area (Å²) in [6, 6.07) is 0. The third-order valence-electron chi connectivity index (χ3n) is 1.85. The van der Waals surface area contributed by atoms with Crippen LogP contribution in [0.15, 0.2) is 0 Å². The molecule has 0 bridgehead atoms. The molecule has 0 fully saturated rings. The summed E-state index contributed by atoms with van der Waals surface area (Å²) in [5, 5.41) is 1.30. The maximum Gasteiger partial charge on any atom is 0.0933 e. The molecule has 0 amide bonds. The van der Waals surface area contributed by atoms with E-state index >= 15 is 0 Å². The van der Waals surface area contributed by atoms with Crippen molar-refractivity contribution >= 4 is 11.3 Å². The molecule has 1 heterocycles. The van der Waals surface area contributed by atoms with Crippen molar-refractivity contribution in [1.29, 1.82) is 0 Å². The first-order valence-corrected chi connectivity index (χ1v) is 6.40. The van der Waals surface area contributed by atoms with Crippen LogP contribution in [-0.4, -0.2) is 4.98 Å². The van der Waals surface area contributed by atoms with E-state index in [0.29, 0.717) is 0 Å².